The third-order valence-electron chi connectivity index (χ3n) is 3.47. The molecule has 0 saturated carbocycles. The number of benzene rings is 2. The van der Waals surface area contributed by atoms with Crippen molar-refractivity contribution in [1.29, 1.82) is 0 Å². The number of hydrogen-bond donors (Lipinski definition) is 1. The molecule has 0 unspecified atom stereocenters. The Morgan fingerprint density at radius 1 is 1.15 bits per heavy atom. The minimum Gasteiger partial charge on any atom is -0.494 e. The predicted octanol–water partition coefficient (Wildman–Crippen LogP) is 3.27. The van der Waals surface area contributed by atoms with Gasteiger partial charge in [-0.1, -0.05) is 12.1 Å². The van der Waals surface area contributed by atoms with Gasteiger partial charge in [-0.25, -0.2) is 0 Å². The lowest BCUT2D eigenvalue weighted by Gasteiger charge is -2.13. The summed E-state index contributed by atoms with van der Waals surface area (Å²) in [6.45, 7) is 3.21. The summed E-state index contributed by atoms with van der Waals surface area (Å²) in [5, 5.41) is 13.5. The smallest absolute Gasteiger partial charge is 0.273 e. The van der Waals surface area contributed by atoms with Crippen LogP contribution >= 0.6 is 0 Å². The van der Waals surface area contributed by atoms with Gasteiger partial charge in [-0.2, -0.15) is 0 Å². The van der Waals surface area contributed by atoms with E-state index >= 15 is 0 Å². The maximum absolute atomic E-state index is 12.6. The maximum atomic E-state index is 12.6. The number of anilines is 1. The Hall–Kier alpha value is -3.13. The van der Waals surface area contributed by atoms with Gasteiger partial charge in [0.1, 0.15) is 18.1 Å². The van der Waals surface area contributed by atoms with Crippen LogP contribution in [0.2, 0.25) is 0 Å². The fourth-order valence-corrected chi connectivity index (χ4v) is 2.22. The van der Waals surface area contributed by atoms with Gasteiger partial charge in [0.05, 0.1) is 36.0 Å². The maximum Gasteiger partial charge on any atom is 0.273 e. The van der Waals surface area contributed by atoms with Gasteiger partial charge in [-0.05, 0) is 25.1 Å². The summed E-state index contributed by atoms with van der Waals surface area (Å²) in [5.74, 6) is 0.206. The highest BCUT2D eigenvalue weighted by Crippen LogP contribution is 2.30. The first-order valence-corrected chi connectivity index (χ1v) is 8.00. The number of carbonyl (C=O) groups excluding carboxylic acids is 1. The molecule has 8 nitrogen and oxygen atoms in total. The Balaban J connectivity index is 2.16. The van der Waals surface area contributed by atoms with E-state index in [0.29, 0.717) is 36.8 Å². The number of carbonyl (C=O) groups is 1. The third-order valence-corrected chi connectivity index (χ3v) is 3.47. The lowest BCUT2D eigenvalue weighted by molar-refractivity contribution is -0.384. The first kappa shape index (κ1) is 19.2. The molecule has 0 saturated heterocycles. The van der Waals surface area contributed by atoms with E-state index in [1.54, 1.807) is 24.3 Å². The average Bonchev–Trinajstić information content (AvgIpc) is 2.65. The molecule has 0 aliphatic carbocycles. The Kier molecular flexibility index (Phi) is 6.92. The van der Waals surface area contributed by atoms with Gasteiger partial charge < -0.3 is 19.5 Å². The van der Waals surface area contributed by atoms with Crippen LogP contribution < -0.4 is 14.8 Å². The zero-order chi connectivity index (χ0) is 18.9. The van der Waals surface area contributed by atoms with Crippen molar-refractivity contribution in [2.75, 3.05) is 32.2 Å². The molecule has 2 aromatic rings. The predicted molar refractivity (Wildman–Crippen MR) is 96.0 cm³/mol. The number of hydrogen-bond acceptors (Lipinski definition) is 6. The van der Waals surface area contributed by atoms with E-state index in [9.17, 15) is 14.9 Å². The fourth-order valence-electron chi connectivity index (χ4n) is 2.22. The number of nitrogens with zero attached hydrogens (tertiary/aromatic N) is 1. The third kappa shape index (κ3) is 4.93. The number of nitro benzene ring substituents is 1. The van der Waals surface area contributed by atoms with Crippen molar-refractivity contribution < 1.29 is 23.9 Å². The zero-order valence-corrected chi connectivity index (χ0v) is 14.6. The van der Waals surface area contributed by atoms with Gasteiger partial charge in [0.2, 0.25) is 0 Å². The SMILES string of the molecule is CCOCCOc1ccccc1C(=O)Nc1ccc([N+](=O)[O-])cc1OC. The molecule has 0 bridgehead atoms. The van der Waals surface area contributed by atoms with E-state index in [1.165, 1.54) is 25.3 Å². The second kappa shape index (κ2) is 9.38. The molecular formula is C18H20N2O6. The van der Waals surface area contributed by atoms with Gasteiger partial charge in [0, 0.05) is 12.7 Å². The monoisotopic (exact) mass is 360 g/mol. The molecule has 0 spiro atoms. The number of non-ortho nitro benzene ring substituents is 1. The van der Waals surface area contributed by atoms with Crippen LogP contribution in [-0.4, -0.2) is 37.8 Å². The molecule has 2 aromatic carbocycles. The fraction of sp³-hybridized carbons (Fsp3) is 0.278. The quantitative estimate of drug-likeness (QED) is 0.418. The van der Waals surface area contributed by atoms with Gasteiger partial charge in [-0.3, -0.25) is 14.9 Å². The molecule has 0 radical (unpaired) electrons. The largest absolute Gasteiger partial charge is 0.494 e. The summed E-state index contributed by atoms with van der Waals surface area (Å²) in [7, 11) is 1.37. The molecular weight excluding hydrogens is 340 g/mol. The Labute approximate surface area is 150 Å². The van der Waals surface area contributed by atoms with Crippen LogP contribution in [0.15, 0.2) is 42.5 Å². The van der Waals surface area contributed by atoms with Crippen LogP contribution in [0.5, 0.6) is 11.5 Å². The highest BCUT2D eigenvalue weighted by atomic mass is 16.6. The van der Waals surface area contributed by atoms with Crippen LogP contribution in [0.25, 0.3) is 0 Å². The summed E-state index contributed by atoms with van der Waals surface area (Å²) >= 11 is 0. The Morgan fingerprint density at radius 3 is 2.62 bits per heavy atom. The highest BCUT2D eigenvalue weighted by Gasteiger charge is 2.16. The molecule has 0 aliphatic heterocycles. The van der Waals surface area contributed by atoms with E-state index < -0.39 is 10.8 Å². The minimum absolute atomic E-state index is 0.125. The highest BCUT2D eigenvalue weighted by molar-refractivity contribution is 6.06. The number of methoxy groups -OCH3 is 1. The minimum atomic E-state index is -0.532. The van der Waals surface area contributed by atoms with Crippen molar-refractivity contribution >= 4 is 17.3 Å². The second-order valence-corrected chi connectivity index (χ2v) is 5.14. The number of ether oxygens (including phenoxy) is 3. The number of amides is 1. The van der Waals surface area contributed by atoms with Crippen LogP contribution in [0, 0.1) is 10.1 Å². The second-order valence-electron chi connectivity index (χ2n) is 5.14. The summed E-state index contributed by atoms with van der Waals surface area (Å²) in [6.07, 6.45) is 0. The van der Waals surface area contributed by atoms with Crippen molar-refractivity contribution in [1.82, 2.24) is 0 Å². The van der Waals surface area contributed by atoms with E-state index in [4.69, 9.17) is 14.2 Å². The zero-order valence-electron chi connectivity index (χ0n) is 14.6. The molecule has 8 heteroatoms. The molecule has 0 fully saturated rings. The number of nitrogens with one attached hydrogen (secondary N) is 1. The summed E-state index contributed by atoms with van der Waals surface area (Å²) in [6, 6.07) is 10.8. The lowest BCUT2D eigenvalue weighted by atomic mass is 10.1. The summed E-state index contributed by atoms with van der Waals surface area (Å²) in [5.41, 5.74) is 0.538. The normalized spacial score (nSPS) is 10.2. The van der Waals surface area contributed by atoms with E-state index in [1.807, 2.05) is 6.92 Å². The molecule has 0 atom stereocenters. The van der Waals surface area contributed by atoms with E-state index in [2.05, 4.69) is 5.32 Å². The summed E-state index contributed by atoms with van der Waals surface area (Å²) in [4.78, 5) is 22.9. The number of nitro groups is 1. The molecule has 2 rings (SSSR count). The molecule has 1 amide bonds. The molecule has 26 heavy (non-hydrogen) atoms. The first-order valence-electron chi connectivity index (χ1n) is 8.00. The first-order chi connectivity index (χ1) is 12.6. The van der Waals surface area contributed by atoms with Gasteiger partial charge >= 0.3 is 0 Å². The van der Waals surface area contributed by atoms with Crippen molar-refractivity contribution in [3.05, 3.63) is 58.1 Å². The average molecular weight is 360 g/mol. The molecule has 1 N–H and O–H groups in total. The van der Waals surface area contributed by atoms with Crippen LogP contribution in [0.3, 0.4) is 0 Å². The van der Waals surface area contributed by atoms with Crippen molar-refractivity contribution in [2.24, 2.45) is 0 Å². The van der Waals surface area contributed by atoms with E-state index in [0.717, 1.165) is 0 Å². The van der Waals surface area contributed by atoms with Crippen molar-refractivity contribution in [2.45, 2.75) is 6.92 Å². The standard InChI is InChI=1S/C18H20N2O6/c1-3-25-10-11-26-16-7-5-4-6-14(16)18(21)19-15-9-8-13(20(22)23)12-17(15)24-2/h4-9,12H,3,10-11H2,1-2H3,(H,19,21). The number of rotatable bonds is 9. The Bertz CT molecular complexity index is 778. The van der Waals surface area contributed by atoms with E-state index in [-0.39, 0.29) is 11.4 Å². The molecule has 0 heterocycles. The van der Waals surface area contributed by atoms with Crippen LogP contribution in [0.4, 0.5) is 11.4 Å². The van der Waals surface area contributed by atoms with Crippen LogP contribution in [-0.2, 0) is 4.74 Å². The van der Waals surface area contributed by atoms with Gasteiger partial charge in [-0.15, -0.1) is 0 Å². The van der Waals surface area contributed by atoms with Crippen molar-refractivity contribution in [3.63, 3.8) is 0 Å². The van der Waals surface area contributed by atoms with Crippen LogP contribution in [0.1, 0.15) is 17.3 Å². The Morgan fingerprint density at radius 2 is 1.92 bits per heavy atom. The molecule has 138 valence electrons. The van der Waals surface area contributed by atoms with Crippen molar-refractivity contribution in [3.8, 4) is 11.5 Å². The summed E-state index contributed by atoms with van der Waals surface area (Å²) < 4.78 is 15.9. The number of para-hydroxylation sites is 1. The van der Waals surface area contributed by atoms with Gasteiger partial charge in [0.25, 0.3) is 11.6 Å². The molecule has 0 aliphatic rings. The topological polar surface area (TPSA) is 99.9 Å². The molecule has 0 aromatic heterocycles. The lowest BCUT2D eigenvalue weighted by Crippen LogP contribution is -2.15. The van der Waals surface area contributed by atoms with Gasteiger partial charge in [0.15, 0.2) is 0 Å².